The third-order valence-corrected chi connectivity index (χ3v) is 9.27. The summed E-state index contributed by atoms with van der Waals surface area (Å²) in [6.07, 6.45) is 0.753. The molecule has 0 N–H and O–H groups in total. The summed E-state index contributed by atoms with van der Waals surface area (Å²) in [6, 6.07) is 3.78. The lowest BCUT2D eigenvalue weighted by Crippen LogP contribution is -2.40. The highest BCUT2D eigenvalue weighted by atomic mass is 32.2. The zero-order chi connectivity index (χ0) is 23.0. The summed E-state index contributed by atoms with van der Waals surface area (Å²) in [5.74, 6) is -3.20. The molecule has 1 fully saturated rings. The summed E-state index contributed by atoms with van der Waals surface area (Å²) in [5, 5.41) is 1.63. The topological polar surface area (TPSA) is 98.0 Å². The van der Waals surface area contributed by atoms with E-state index in [1.54, 1.807) is 11.4 Å². The van der Waals surface area contributed by atoms with Gasteiger partial charge in [0.1, 0.15) is 22.6 Å². The summed E-state index contributed by atoms with van der Waals surface area (Å²) >= 11 is 1.87. The zero-order valence-corrected chi connectivity index (χ0v) is 19.1. The number of ether oxygens (including phenoxy) is 1. The van der Waals surface area contributed by atoms with Crippen LogP contribution < -0.4 is 4.80 Å². The average Bonchev–Trinajstić information content (AvgIpc) is 3.48. The average molecular weight is 502 g/mol. The molecule has 0 bridgehead atoms. The number of halogens is 2. The highest BCUT2D eigenvalue weighted by Crippen LogP contribution is 2.29. The number of carbonyl (C=O) groups excluding carboxylic acids is 2. The number of nitrogens with zero attached hydrogens (tertiary/aromatic N) is 3. The number of hydrogen-bond donors (Lipinski definition) is 0. The van der Waals surface area contributed by atoms with Crippen LogP contribution in [0.5, 0.6) is 0 Å². The Morgan fingerprint density at radius 2 is 2.09 bits per heavy atom. The van der Waals surface area contributed by atoms with Gasteiger partial charge in [0.25, 0.3) is 15.9 Å². The first kappa shape index (κ1) is 22.7. The van der Waals surface area contributed by atoms with Crippen LogP contribution in [-0.2, 0) is 30.9 Å². The first-order chi connectivity index (χ1) is 15.2. The number of thiazole rings is 1. The van der Waals surface area contributed by atoms with Crippen molar-refractivity contribution in [3.05, 3.63) is 46.1 Å². The van der Waals surface area contributed by atoms with E-state index < -0.39 is 46.1 Å². The monoisotopic (exact) mass is 501 g/mol. The Labute approximate surface area is 189 Å². The van der Waals surface area contributed by atoms with E-state index in [0.29, 0.717) is 12.5 Å². The van der Waals surface area contributed by atoms with Crippen LogP contribution in [0, 0.1) is 11.6 Å². The molecule has 1 aromatic carbocycles. The molecule has 3 heterocycles. The maximum atomic E-state index is 14.5. The molecular weight excluding hydrogens is 484 g/mol. The highest BCUT2D eigenvalue weighted by Gasteiger charge is 2.40. The Morgan fingerprint density at radius 1 is 1.31 bits per heavy atom. The van der Waals surface area contributed by atoms with E-state index in [1.165, 1.54) is 6.07 Å². The number of hydrogen-bond acceptors (Lipinski definition) is 7. The second-order valence-corrected chi connectivity index (χ2v) is 11.0. The smallest absolute Gasteiger partial charge is 0.325 e. The summed E-state index contributed by atoms with van der Waals surface area (Å²) in [7, 11) is -2.71. The fourth-order valence-corrected chi connectivity index (χ4v) is 7.37. The van der Waals surface area contributed by atoms with Crippen molar-refractivity contribution in [1.29, 1.82) is 0 Å². The van der Waals surface area contributed by atoms with Crippen LogP contribution in [0.25, 0.3) is 10.2 Å². The molecule has 1 amide bonds. The normalized spacial score (nSPS) is 17.8. The Balaban J connectivity index is 1.78. The number of rotatable bonds is 5. The van der Waals surface area contributed by atoms with E-state index >= 15 is 0 Å². The number of fused-ring (bicyclic) bond motifs is 1. The standard InChI is InChI=1S/C19H17F2N3O5S3/c1-29-15(25)10-23-17-12(21)8-11(20)9-14(17)31-19(23)22-18(26)13-4-2-6-24(13)32(27,28)16-5-3-7-30-16/h3,5,7-9,13H,2,4,6,10H2,1H3. The van der Waals surface area contributed by atoms with Gasteiger partial charge in [-0.05, 0) is 30.4 Å². The molecule has 13 heteroatoms. The maximum Gasteiger partial charge on any atom is 0.325 e. The van der Waals surface area contributed by atoms with Gasteiger partial charge < -0.3 is 9.30 Å². The number of sulfonamides is 1. The molecule has 8 nitrogen and oxygen atoms in total. The van der Waals surface area contributed by atoms with Gasteiger partial charge in [-0.2, -0.15) is 9.30 Å². The Morgan fingerprint density at radius 3 is 2.78 bits per heavy atom. The fraction of sp³-hybridized carbons (Fsp3) is 0.316. The van der Waals surface area contributed by atoms with Crippen LogP contribution in [0.2, 0.25) is 0 Å². The van der Waals surface area contributed by atoms with Gasteiger partial charge in [-0.15, -0.1) is 11.3 Å². The number of carbonyl (C=O) groups is 2. The van der Waals surface area contributed by atoms with Crippen molar-refractivity contribution in [2.24, 2.45) is 4.99 Å². The Hall–Kier alpha value is -2.48. The highest BCUT2D eigenvalue weighted by molar-refractivity contribution is 7.91. The summed E-state index contributed by atoms with van der Waals surface area (Å²) in [5.41, 5.74) is -0.0946. The molecule has 1 unspecified atom stereocenters. The van der Waals surface area contributed by atoms with Gasteiger partial charge >= 0.3 is 5.97 Å². The second-order valence-electron chi connectivity index (χ2n) is 6.94. The molecule has 1 aliphatic heterocycles. The van der Waals surface area contributed by atoms with E-state index in [4.69, 9.17) is 0 Å². The SMILES string of the molecule is COC(=O)Cn1c(=NC(=O)C2CCCN2S(=O)(=O)c2cccs2)sc2cc(F)cc(F)c21. The van der Waals surface area contributed by atoms with Gasteiger partial charge in [-0.25, -0.2) is 17.2 Å². The van der Waals surface area contributed by atoms with E-state index in [-0.39, 0.29) is 32.2 Å². The van der Waals surface area contributed by atoms with Crippen LogP contribution in [0.4, 0.5) is 8.78 Å². The molecule has 0 radical (unpaired) electrons. The zero-order valence-electron chi connectivity index (χ0n) is 16.7. The van der Waals surface area contributed by atoms with Crippen molar-refractivity contribution >= 4 is 54.8 Å². The van der Waals surface area contributed by atoms with Crippen molar-refractivity contribution < 1.29 is 31.5 Å². The summed E-state index contributed by atoms with van der Waals surface area (Å²) < 4.78 is 61.2. The van der Waals surface area contributed by atoms with Crippen LogP contribution in [0.3, 0.4) is 0 Å². The van der Waals surface area contributed by atoms with Crippen LogP contribution in [0.15, 0.2) is 38.8 Å². The largest absolute Gasteiger partial charge is 0.468 e. The number of thiophene rings is 1. The minimum absolute atomic E-state index is 0.0553. The van der Waals surface area contributed by atoms with Gasteiger partial charge in [-0.1, -0.05) is 17.4 Å². The first-order valence-electron chi connectivity index (χ1n) is 9.41. The van der Waals surface area contributed by atoms with E-state index in [0.717, 1.165) is 44.7 Å². The molecule has 0 aliphatic carbocycles. The van der Waals surface area contributed by atoms with E-state index in [1.807, 2.05) is 0 Å². The van der Waals surface area contributed by atoms with Crippen molar-refractivity contribution in [3.8, 4) is 0 Å². The lowest BCUT2D eigenvalue weighted by atomic mass is 10.2. The molecule has 1 saturated heterocycles. The Bertz CT molecular complexity index is 1360. The van der Waals surface area contributed by atoms with Crippen LogP contribution in [0.1, 0.15) is 12.8 Å². The molecule has 1 atom stereocenters. The second kappa shape index (κ2) is 8.81. The molecule has 2 aromatic heterocycles. The minimum Gasteiger partial charge on any atom is -0.468 e. The Kier molecular flexibility index (Phi) is 6.25. The van der Waals surface area contributed by atoms with E-state index in [2.05, 4.69) is 9.73 Å². The third-order valence-electron chi connectivity index (χ3n) is 4.96. The van der Waals surface area contributed by atoms with Gasteiger partial charge in [-0.3, -0.25) is 9.59 Å². The molecule has 0 saturated carbocycles. The molecule has 170 valence electrons. The number of methoxy groups -OCH3 is 1. The predicted octanol–water partition coefficient (Wildman–Crippen LogP) is 2.50. The molecule has 0 spiro atoms. The lowest BCUT2D eigenvalue weighted by molar-refractivity contribution is -0.141. The number of esters is 1. The quantitative estimate of drug-likeness (QED) is 0.501. The van der Waals surface area contributed by atoms with E-state index in [9.17, 15) is 26.8 Å². The first-order valence-corrected chi connectivity index (χ1v) is 12.5. The number of benzene rings is 1. The summed E-state index contributed by atoms with van der Waals surface area (Å²) in [4.78, 5) is 28.8. The molecule has 1 aliphatic rings. The van der Waals surface area contributed by atoms with Crippen LogP contribution >= 0.6 is 22.7 Å². The molecule has 32 heavy (non-hydrogen) atoms. The van der Waals surface area contributed by atoms with Crippen molar-refractivity contribution in [2.75, 3.05) is 13.7 Å². The summed E-state index contributed by atoms with van der Waals surface area (Å²) in [6.45, 7) is -0.284. The van der Waals surface area contributed by atoms with Crippen molar-refractivity contribution in [2.45, 2.75) is 29.6 Å². The number of aromatic nitrogens is 1. The number of amides is 1. The van der Waals surface area contributed by atoms with Gasteiger partial charge in [0.15, 0.2) is 10.6 Å². The molecule has 3 aromatic rings. The van der Waals surface area contributed by atoms with Crippen molar-refractivity contribution in [3.63, 3.8) is 0 Å². The third kappa shape index (κ3) is 4.12. The fourth-order valence-electron chi connectivity index (χ4n) is 3.52. The molecular formula is C19H17F2N3O5S3. The predicted molar refractivity (Wildman–Crippen MR) is 114 cm³/mol. The van der Waals surface area contributed by atoms with Gasteiger partial charge in [0.2, 0.25) is 0 Å². The van der Waals surface area contributed by atoms with Crippen molar-refractivity contribution in [1.82, 2.24) is 8.87 Å². The lowest BCUT2D eigenvalue weighted by Gasteiger charge is -2.20. The van der Waals surface area contributed by atoms with Crippen LogP contribution in [-0.4, -0.2) is 48.9 Å². The maximum absolute atomic E-state index is 14.5. The minimum atomic E-state index is -3.87. The van der Waals surface area contributed by atoms with Gasteiger partial charge in [0.05, 0.1) is 17.3 Å². The van der Waals surface area contributed by atoms with Gasteiger partial charge in [0, 0.05) is 12.6 Å². The molecule has 4 rings (SSSR count).